The molecule has 15 heavy (non-hydrogen) atoms. The van der Waals surface area contributed by atoms with Crippen molar-refractivity contribution in [2.24, 2.45) is 16.8 Å². The van der Waals surface area contributed by atoms with Gasteiger partial charge in [0.2, 0.25) is 0 Å². The summed E-state index contributed by atoms with van der Waals surface area (Å²) in [7, 11) is 2.16. The Morgan fingerprint density at radius 2 is 2.47 bits per heavy atom. The van der Waals surface area contributed by atoms with Crippen molar-refractivity contribution in [3.8, 4) is 0 Å². The van der Waals surface area contributed by atoms with Gasteiger partial charge in [-0.1, -0.05) is 12.1 Å². The number of hydrogen-bond acceptors (Lipinski definition) is 4. The highest BCUT2D eigenvalue weighted by Gasteiger charge is 2.20. The molecular weight excluding hydrogens is 192 g/mol. The fourth-order valence-corrected chi connectivity index (χ4v) is 1.91. The monoisotopic (exact) mass is 214 g/mol. The number of rotatable bonds is 5. The van der Waals surface area contributed by atoms with Gasteiger partial charge in [0.1, 0.15) is 5.84 Å². The maximum Gasteiger partial charge on any atom is 0.143 e. The molecule has 5 heteroatoms. The average molecular weight is 214 g/mol. The second-order valence-electron chi connectivity index (χ2n) is 4.36. The first kappa shape index (κ1) is 12.3. The van der Waals surface area contributed by atoms with Crippen LogP contribution in [-0.2, 0) is 0 Å². The first-order chi connectivity index (χ1) is 7.15. The molecule has 1 aliphatic heterocycles. The van der Waals surface area contributed by atoms with E-state index in [1.54, 1.807) is 0 Å². The molecule has 0 aromatic rings. The lowest BCUT2D eigenvalue weighted by molar-refractivity contribution is 0.297. The third kappa shape index (κ3) is 3.68. The van der Waals surface area contributed by atoms with E-state index in [2.05, 4.69) is 22.4 Å². The zero-order valence-electron chi connectivity index (χ0n) is 9.61. The topological polar surface area (TPSA) is 73.9 Å². The summed E-state index contributed by atoms with van der Waals surface area (Å²) < 4.78 is 0. The molecular formula is C10H22N4O. The lowest BCUT2D eigenvalue weighted by Crippen LogP contribution is -2.39. The van der Waals surface area contributed by atoms with Gasteiger partial charge in [0, 0.05) is 25.0 Å². The number of amidine groups is 1. The Morgan fingerprint density at radius 1 is 1.73 bits per heavy atom. The van der Waals surface area contributed by atoms with Gasteiger partial charge in [-0.2, -0.15) is 0 Å². The number of nitrogens with two attached hydrogens (primary N) is 1. The summed E-state index contributed by atoms with van der Waals surface area (Å²) >= 11 is 0. The molecule has 5 nitrogen and oxygen atoms in total. The van der Waals surface area contributed by atoms with E-state index >= 15 is 0 Å². The fraction of sp³-hybridized carbons (Fsp3) is 0.900. The van der Waals surface area contributed by atoms with E-state index in [1.807, 2.05) is 6.92 Å². The van der Waals surface area contributed by atoms with Gasteiger partial charge in [-0.25, -0.2) is 0 Å². The lowest BCUT2D eigenvalue weighted by Gasteiger charge is -2.20. The standard InChI is InChI=1S/C10H22N4O/c1-8(10(11)13-15)6-12-7-9-4-3-5-14(9)2/h8-9,12,15H,3-7H2,1-2H3,(H2,11,13). The number of nitrogens with zero attached hydrogens (tertiary/aromatic N) is 2. The van der Waals surface area contributed by atoms with Crippen LogP contribution in [0.2, 0.25) is 0 Å². The first-order valence-corrected chi connectivity index (χ1v) is 5.53. The van der Waals surface area contributed by atoms with Crippen LogP contribution in [0.25, 0.3) is 0 Å². The molecule has 0 radical (unpaired) electrons. The van der Waals surface area contributed by atoms with Crippen molar-refractivity contribution in [1.29, 1.82) is 0 Å². The van der Waals surface area contributed by atoms with E-state index in [9.17, 15) is 0 Å². The van der Waals surface area contributed by atoms with Crippen LogP contribution in [0.1, 0.15) is 19.8 Å². The highest BCUT2D eigenvalue weighted by atomic mass is 16.4. The second kappa shape index (κ2) is 5.92. The van der Waals surface area contributed by atoms with Gasteiger partial charge in [-0.05, 0) is 26.4 Å². The van der Waals surface area contributed by atoms with Gasteiger partial charge in [-0.15, -0.1) is 0 Å². The summed E-state index contributed by atoms with van der Waals surface area (Å²) in [5.41, 5.74) is 5.49. The van der Waals surface area contributed by atoms with E-state index in [0.29, 0.717) is 11.9 Å². The van der Waals surface area contributed by atoms with E-state index in [-0.39, 0.29) is 5.92 Å². The molecule has 0 aliphatic carbocycles. The SMILES string of the molecule is CC(CNCC1CCCN1C)C(N)=NO. The van der Waals surface area contributed by atoms with E-state index in [1.165, 1.54) is 19.4 Å². The normalized spacial score (nSPS) is 25.7. The Balaban J connectivity index is 2.15. The minimum atomic E-state index is 0.0849. The van der Waals surface area contributed by atoms with Gasteiger partial charge in [-0.3, -0.25) is 0 Å². The minimum absolute atomic E-state index is 0.0849. The minimum Gasteiger partial charge on any atom is -0.409 e. The lowest BCUT2D eigenvalue weighted by atomic mass is 10.1. The van der Waals surface area contributed by atoms with Gasteiger partial charge in [0.25, 0.3) is 0 Å². The fourth-order valence-electron chi connectivity index (χ4n) is 1.91. The molecule has 2 unspecified atom stereocenters. The molecule has 1 rings (SSSR count). The van der Waals surface area contributed by atoms with Crippen LogP contribution < -0.4 is 11.1 Å². The summed E-state index contributed by atoms with van der Waals surface area (Å²) in [5.74, 6) is 0.379. The Hall–Kier alpha value is -0.810. The molecule has 1 fully saturated rings. The zero-order valence-corrected chi connectivity index (χ0v) is 9.61. The van der Waals surface area contributed by atoms with Crippen LogP contribution in [0.4, 0.5) is 0 Å². The Morgan fingerprint density at radius 3 is 3.00 bits per heavy atom. The first-order valence-electron chi connectivity index (χ1n) is 5.53. The summed E-state index contributed by atoms with van der Waals surface area (Å²) in [5, 5.41) is 14.8. The number of nitrogens with one attached hydrogen (secondary N) is 1. The smallest absolute Gasteiger partial charge is 0.143 e. The molecule has 0 aromatic heterocycles. The molecule has 0 bridgehead atoms. The summed E-state index contributed by atoms with van der Waals surface area (Å²) in [6.45, 7) is 4.89. The summed E-state index contributed by atoms with van der Waals surface area (Å²) in [6, 6.07) is 0.643. The van der Waals surface area contributed by atoms with E-state index in [0.717, 1.165) is 13.1 Å². The van der Waals surface area contributed by atoms with Crippen LogP contribution in [0.5, 0.6) is 0 Å². The molecule has 0 saturated carbocycles. The summed E-state index contributed by atoms with van der Waals surface area (Å²) in [4.78, 5) is 2.38. The van der Waals surface area contributed by atoms with Crippen molar-refractivity contribution in [3.63, 3.8) is 0 Å². The Bertz CT molecular complexity index is 219. The second-order valence-corrected chi connectivity index (χ2v) is 4.36. The maximum absolute atomic E-state index is 8.49. The van der Waals surface area contributed by atoms with Crippen LogP contribution >= 0.6 is 0 Å². The Labute approximate surface area is 91.3 Å². The number of likely N-dealkylation sites (tertiary alicyclic amines) is 1. The van der Waals surface area contributed by atoms with Crippen molar-refractivity contribution in [3.05, 3.63) is 0 Å². The molecule has 2 atom stereocenters. The highest BCUT2D eigenvalue weighted by Crippen LogP contribution is 2.13. The van der Waals surface area contributed by atoms with Crippen molar-refractivity contribution in [2.45, 2.75) is 25.8 Å². The van der Waals surface area contributed by atoms with Crippen molar-refractivity contribution < 1.29 is 5.21 Å². The molecule has 0 spiro atoms. The van der Waals surface area contributed by atoms with Crippen molar-refractivity contribution >= 4 is 5.84 Å². The third-order valence-corrected chi connectivity index (χ3v) is 3.12. The van der Waals surface area contributed by atoms with E-state index in [4.69, 9.17) is 10.9 Å². The Kier molecular flexibility index (Phi) is 4.84. The van der Waals surface area contributed by atoms with Crippen LogP contribution in [0.15, 0.2) is 5.16 Å². The number of hydrogen-bond donors (Lipinski definition) is 3. The quantitative estimate of drug-likeness (QED) is 0.262. The molecule has 4 N–H and O–H groups in total. The number of likely N-dealkylation sites (N-methyl/N-ethyl adjacent to an activating group) is 1. The predicted molar refractivity (Wildman–Crippen MR) is 61.1 cm³/mol. The summed E-state index contributed by atoms with van der Waals surface area (Å²) in [6.07, 6.45) is 2.56. The van der Waals surface area contributed by atoms with Crippen LogP contribution in [-0.4, -0.2) is 48.7 Å². The maximum atomic E-state index is 8.49. The number of oxime groups is 1. The molecule has 0 aromatic carbocycles. The molecule has 1 saturated heterocycles. The van der Waals surface area contributed by atoms with Gasteiger partial charge in [0.05, 0.1) is 0 Å². The molecule has 88 valence electrons. The van der Waals surface area contributed by atoms with Gasteiger partial charge in [0.15, 0.2) is 0 Å². The highest BCUT2D eigenvalue weighted by molar-refractivity contribution is 5.82. The zero-order chi connectivity index (χ0) is 11.3. The average Bonchev–Trinajstić information content (AvgIpc) is 2.63. The third-order valence-electron chi connectivity index (χ3n) is 3.12. The van der Waals surface area contributed by atoms with Crippen LogP contribution in [0.3, 0.4) is 0 Å². The van der Waals surface area contributed by atoms with Gasteiger partial charge < -0.3 is 21.2 Å². The van der Waals surface area contributed by atoms with Crippen molar-refractivity contribution in [1.82, 2.24) is 10.2 Å². The predicted octanol–water partition coefficient (Wildman–Crippen LogP) is 0.0527. The van der Waals surface area contributed by atoms with Gasteiger partial charge >= 0.3 is 0 Å². The van der Waals surface area contributed by atoms with E-state index < -0.39 is 0 Å². The molecule has 1 heterocycles. The van der Waals surface area contributed by atoms with Crippen LogP contribution in [0, 0.1) is 5.92 Å². The van der Waals surface area contributed by atoms with Crippen molar-refractivity contribution in [2.75, 3.05) is 26.7 Å². The molecule has 0 amide bonds. The largest absolute Gasteiger partial charge is 0.409 e. The molecule has 1 aliphatic rings.